The summed E-state index contributed by atoms with van der Waals surface area (Å²) in [6, 6.07) is 19.1. The smallest absolute Gasteiger partial charge is 0.328 e. The maximum atomic E-state index is 14.9. The van der Waals surface area contributed by atoms with Crippen LogP contribution in [0.25, 0.3) is 21.5 Å². The van der Waals surface area contributed by atoms with Crippen molar-refractivity contribution in [2.45, 2.75) is 155 Å². The predicted octanol–water partition coefficient (Wildman–Crippen LogP) is 4.45. The van der Waals surface area contributed by atoms with Crippen molar-refractivity contribution in [1.29, 1.82) is 0 Å². The number of hydrogen-bond donors (Lipinski definition) is 6. The maximum absolute atomic E-state index is 14.9. The Kier molecular flexibility index (Phi) is 19.2. The highest BCUT2D eigenvalue weighted by Gasteiger charge is 2.46. The van der Waals surface area contributed by atoms with E-state index < -0.39 is 94.9 Å². The number of amides is 6. The van der Waals surface area contributed by atoms with E-state index in [0.29, 0.717) is 11.1 Å². The number of nitrogens with one attached hydrogen (secondary N) is 4. The second-order valence-corrected chi connectivity index (χ2v) is 25.0. The van der Waals surface area contributed by atoms with Crippen molar-refractivity contribution in [2.75, 3.05) is 26.2 Å². The molecule has 0 aliphatic carbocycles. The standard InChI is InChI=1S/C62H76N12O12/c1-61(2,3)31-51(75)71-25-21-49-53(71)57(79)65-45(29-37-15-17-39-11-7-9-13-41(39)27-37)55(77)63-23-19-48(60(83)84)74-34-44(68-70-74)36-86-50-22-26-72(52(76)32-62(4,5)6)54(50)58(80)66-46(30-38-16-18-40-12-8-10-14-42(40)28-38)56(78)64-24-20-47(59(81)82)73-33-43(35-85-49)67-69-73/h7-18,27-28,33-34,45-50,53-54H,19-26,29-32,35-36H2,1-6H3,(H,63,77)(H,64,78)(H,65,79)(H,66,80)(H,81,82)(H,83,84)/t45-,46-,47-,48-,49+,50+,53-,54-/m0/s1. The topological polar surface area (TPSA) is 311 Å². The second-order valence-electron chi connectivity index (χ2n) is 25.0. The lowest BCUT2D eigenvalue weighted by molar-refractivity contribution is -0.144. The van der Waals surface area contributed by atoms with E-state index in [4.69, 9.17) is 9.47 Å². The number of rotatable bonds is 8. The normalized spacial score (nSPS) is 23.6. The van der Waals surface area contributed by atoms with Gasteiger partial charge in [-0.2, -0.15) is 0 Å². The van der Waals surface area contributed by atoms with Gasteiger partial charge in [-0.15, -0.1) is 10.2 Å². The van der Waals surface area contributed by atoms with E-state index in [2.05, 4.69) is 41.9 Å². The number of aromatic nitrogens is 6. The molecule has 6 amide bonds. The summed E-state index contributed by atoms with van der Waals surface area (Å²) in [5.41, 5.74) is 0.927. The molecule has 456 valence electrons. The number of carbonyl (C=O) groups is 8. The van der Waals surface area contributed by atoms with Crippen molar-refractivity contribution in [3.05, 3.63) is 120 Å². The van der Waals surface area contributed by atoms with Gasteiger partial charge in [-0.1, -0.05) is 137 Å². The van der Waals surface area contributed by atoms with Crippen LogP contribution in [0.3, 0.4) is 0 Å². The fraction of sp³-hybridized carbons (Fsp3) is 0.484. The fourth-order valence-electron chi connectivity index (χ4n) is 11.4. The van der Waals surface area contributed by atoms with Gasteiger partial charge in [0.05, 0.1) is 37.8 Å². The molecule has 3 aliphatic rings. The predicted molar refractivity (Wildman–Crippen MR) is 313 cm³/mol. The average molecular weight is 1180 g/mol. The molecule has 9 rings (SSSR count). The number of hydrogen-bond acceptors (Lipinski definition) is 14. The SMILES string of the molecule is CC(C)(C)CC(=O)N1CC[C@H]2OCc3cn(nn3)[C@H](C(=O)O)CCNC(=O)[C@H](Cc3ccc4ccccc4c3)NC(=O)[C@@H]3[C@@H](CCN3C(=O)CC(C)(C)C)OCc3cn(nn3)[C@H](C(=O)O)CCNC(=O)[C@H](Cc3ccc4ccccc4c3)NC(=O)[C@H]21. The number of carbonyl (C=O) groups excluding carboxylic acids is 6. The van der Waals surface area contributed by atoms with E-state index in [1.165, 1.54) is 22.2 Å². The molecule has 2 fully saturated rings. The number of aliphatic carboxylic acids is 2. The third-order valence-corrected chi connectivity index (χ3v) is 15.6. The van der Waals surface area contributed by atoms with Gasteiger partial charge in [0.2, 0.25) is 35.4 Å². The lowest BCUT2D eigenvalue weighted by atomic mass is 9.91. The van der Waals surface area contributed by atoms with Gasteiger partial charge in [0.25, 0.3) is 0 Å². The van der Waals surface area contributed by atoms with Crippen molar-refractivity contribution in [3.63, 3.8) is 0 Å². The van der Waals surface area contributed by atoms with Crippen LogP contribution in [-0.4, -0.2) is 160 Å². The molecule has 24 heteroatoms. The van der Waals surface area contributed by atoms with Crippen molar-refractivity contribution in [3.8, 4) is 0 Å². The zero-order valence-electron chi connectivity index (χ0n) is 49.3. The molecular formula is C62H76N12O12. The Labute approximate surface area is 497 Å². The summed E-state index contributed by atoms with van der Waals surface area (Å²) < 4.78 is 15.0. The van der Waals surface area contributed by atoms with E-state index in [0.717, 1.165) is 30.9 Å². The average Bonchev–Trinajstić information content (AvgIpc) is 2.76. The zero-order valence-corrected chi connectivity index (χ0v) is 49.3. The molecule has 4 bridgehead atoms. The minimum atomic E-state index is -1.33. The Hall–Kier alpha value is -8.64. The lowest BCUT2D eigenvalue weighted by Gasteiger charge is -2.31. The van der Waals surface area contributed by atoms with Crippen molar-refractivity contribution >= 4 is 68.9 Å². The zero-order chi connectivity index (χ0) is 61.5. The van der Waals surface area contributed by atoms with Crippen LogP contribution in [0.2, 0.25) is 0 Å². The monoisotopic (exact) mass is 1180 g/mol. The molecule has 4 aromatic carbocycles. The molecule has 0 saturated carbocycles. The third kappa shape index (κ3) is 15.6. The summed E-state index contributed by atoms with van der Waals surface area (Å²) in [7, 11) is 0. The summed E-state index contributed by atoms with van der Waals surface area (Å²) in [6.07, 6.45) is 1.29. The van der Waals surface area contributed by atoms with E-state index in [9.17, 15) is 48.6 Å². The summed E-state index contributed by atoms with van der Waals surface area (Å²) in [6.45, 7) is 10.9. The molecule has 0 radical (unpaired) electrons. The lowest BCUT2D eigenvalue weighted by Crippen LogP contribution is -2.56. The second kappa shape index (κ2) is 26.7. The first-order valence-corrected chi connectivity index (χ1v) is 29.2. The minimum absolute atomic E-state index is 0.0147. The first kappa shape index (κ1) is 61.9. The molecule has 0 spiro atoms. The van der Waals surface area contributed by atoms with Gasteiger partial charge >= 0.3 is 11.9 Å². The summed E-state index contributed by atoms with van der Waals surface area (Å²) >= 11 is 0. The maximum Gasteiger partial charge on any atom is 0.328 e. The number of carboxylic acids is 2. The van der Waals surface area contributed by atoms with Crippen LogP contribution in [0.4, 0.5) is 0 Å². The van der Waals surface area contributed by atoms with Gasteiger partial charge in [0.1, 0.15) is 35.6 Å². The molecule has 2 saturated heterocycles. The van der Waals surface area contributed by atoms with Crippen molar-refractivity contribution in [1.82, 2.24) is 61.1 Å². The summed E-state index contributed by atoms with van der Waals surface area (Å²) in [4.78, 5) is 115. The van der Waals surface area contributed by atoms with Gasteiger partial charge in [-0.3, -0.25) is 28.8 Å². The van der Waals surface area contributed by atoms with Crippen LogP contribution in [0.15, 0.2) is 97.3 Å². The van der Waals surface area contributed by atoms with Gasteiger partial charge in [0.15, 0.2) is 12.1 Å². The highest BCUT2D eigenvalue weighted by atomic mass is 16.5. The number of benzene rings is 4. The Balaban J connectivity index is 1.03. The van der Waals surface area contributed by atoms with E-state index in [-0.39, 0.29) is 114 Å². The highest BCUT2D eigenvalue weighted by Crippen LogP contribution is 2.31. The highest BCUT2D eigenvalue weighted by molar-refractivity contribution is 5.95. The van der Waals surface area contributed by atoms with Crippen LogP contribution < -0.4 is 21.3 Å². The molecule has 24 nitrogen and oxygen atoms in total. The molecule has 5 heterocycles. The van der Waals surface area contributed by atoms with Crippen LogP contribution in [0.1, 0.15) is 115 Å². The number of carboxylic acid groups (broad SMARTS) is 2. The minimum Gasteiger partial charge on any atom is -0.480 e. The van der Waals surface area contributed by atoms with E-state index in [1.54, 1.807) is 0 Å². The van der Waals surface area contributed by atoms with Gasteiger partial charge in [-0.05, 0) is 69.2 Å². The third-order valence-electron chi connectivity index (χ3n) is 15.6. The molecule has 3 aliphatic heterocycles. The largest absolute Gasteiger partial charge is 0.480 e. The molecular weight excluding hydrogens is 1100 g/mol. The Morgan fingerprint density at radius 2 is 0.919 bits per heavy atom. The molecule has 86 heavy (non-hydrogen) atoms. The Morgan fingerprint density at radius 1 is 0.535 bits per heavy atom. The molecule has 0 unspecified atom stereocenters. The molecule has 6 aromatic rings. The summed E-state index contributed by atoms with van der Waals surface area (Å²) in [5.74, 6) is -5.74. The van der Waals surface area contributed by atoms with Crippen LogP contribution in [-0.2, 0) is 73.9 Å². The van der Waals surface area contributed by atoms with E-state index in [1.807, 2.05) is 126 Å². The van der Waals surface area contributed by atoms with E-state index >= 15 is 0 Å². The number of fused-ring (bicyclic) bond motifs is 8. The molecule has 2 aromatic heterocycles. The Morgan fingerprint density at radius 3 is 1.29 bits per heavy atom. The molecule has 8 atom stereocenters. The van der Waals surface area contributed by atoms with Crippen molar-refractivity contribution in [2.24, 2.45) is 10.8 Å². The Bertz CT molecular complexity index is 3250. The first-order valence-electron chi connectivity index (χ1n) is 29.2. The summed E-state index contributed by atoms with van der Waals surface area (Å²) in [5, 5.41) is 52.9. The first-order chi connectivity index (χ1) is 41.0. The number of likely N-dealkylation sites (tertiary alicyclic amines) is 2. The van der Waals surface area contributed by atoms with Crippen LogP contribution in [0, 0.1) is 10.8 Å². The van der Waals surface area contributed by atoms with Gasteiger partial charge in [-0.25, -0.2) is 19.0 Å². The number of nitrogens with zero attached hydrogens (tertiary/aromatic N) is 8. The fourth-order valence-corrected chi connectivity index (χ4v) is 11.4. The van der Waals surface area contributed by atoms with Crippen LogP contribution >= 0.6 is 0 Å². The number of ether oxygens (including phenoxy) is 2. The molecule has 6 N–H and O–H groups in total. The van der Waals surface area contributed by atoms with Crippen LogP contribution in [0.5, 0.6) is 0 Å². The van der Waals surface area contributed by atoms with Crippen molar-refractivity contribution < 1.29 is 58.0 Å². The quantitative estimate of drug-likeness (QED) is 0.123. The van der Waals surface area contributed by atoms with Gasteiger partial charge < -0.3 is 50.8 Å². The van der Waals surface area contributed by atoms with Gasteiger partial charge in [0, 0.05) is 51.9 Å².